The van der Waals surface area contributed by atoms with E-state index in [4.69, 9.17) is 4.74 Å². The van der Waals surface area contributed by atoms with Crippen molar-refractivity contribution in [1.82, 2.24) is 5.32 Å². The Morgan fingerprint density at radius 3 is 2.63 bits per heavy atom. The molecule has 2 rings (SSSR count). The second kappa shape index (κ2) is 6.03. The van der Waals surface area contributed by atoms with E-state index < -0.39 is 0 Å². The molecule has 0 fully saturated rings. The van der Waals surface area contributed by atoms with Gasteiger partial charge in [-0.15, -0.1) is 11.3 Å². The molecule has 19 heavy (non-hydrogen) atoms. The molecule has 0 bridgehead atoms. The third kappa shape index (κ3) is 2.99. The van der Waals surface area contributed by atoms with Crippen LogP contribution in [0.3, 0.4) is 0 Å². The van der Waals surface area contributed by atoms with Gasteiger partial charge in [-0.1, -0.05) is 6.07 Å². The molecule has 0 radical (unpaired) electrons. The lowest BCUT2D eigenvalue weighted by Gasteiger charge is -2.16. The van der Waals surface area contributed by atoms with Crippen molar-refractivity contribution in [3.8, 4) is 5.75 Å². The van der Waals surface area contributed by atoms with Crippen LogP contribution in [0.25, 0.3) is 0 Å². The number of thiophene rings is 1. The molecule has 1 aromatic heterocycles. The number of rotatable bonds is 4. The molecule has 2 nitrogen and oxygen atoms in total. The molecule has 0 saturated heterocycles. The molecular formula is C14H15BrFNOS. The van der Waals surface area contributed by atoms with Crippen molar-refractivity contribution < 1.29 is 9.13 Å². The Hall–Kier alpha value is -0.910. The van der Waals surface area contributed by atoms with E-state index in [0.29, 0.717) is 0 Å². The van der Waals surface area contributed by atoms with Gasteiger partial charge >= 0.3 is 0 Å². The molecule has 0 spiro atoms. The highest BCUT2D eigenvalue weighted by Crippen LogP contribution is 2.35. The first-order chi connectivity index (χ1) is 9.06. The molecule has 1 heterocycles. The first-order valence-corrected chi connectivity index (χ1v) is 7.44. The second-order valence-corrected chi connectivity index (χ2v) is 6.62. The van der Waals surface area contributed by atoms with Crippen LogP contribution in [0.5, 0.6) is 5.75 Å². The van der Waals surface area contributed by atoms with Crippen LogP contribution in [-0.2, 0) is 0 Å². The van der Waals surface area contributed by atoms with Gasteiger partial charge in [-0.3, -0.25) is 0 Å². The van der Waals surface area contributed by atoms with E-state index >= 15 is 0 Å². The van der Waals surface area contributed by atoms with E-state index in [-0.39, 0.29) is 17.6 Å². The van der Waals surface area contributed by atoms with E-state index in [2.05, 4.69) is 34.2 Å². The average molecular weight is 344 g/mol. The van der Waals surface area contributed by atoms with Gasteiger partial charge in [-0.05, 0) is 59.2 Å². The molecule has 0 aliphatic heterocycles. The predicted molar refractivity (Wildman–Crippen MR) is 80.6 cm³/mol. The summed E-state index contributed by atoms with van der Waals surface area (Å²) in [4.78, 5) is 1.18. The minimum atomic E-state index is -0.343. The fourth-order valence-corrected chi connectivity index (χ4v) is 3.66. The molecule has 1 unspecified atom stereocenters. The summed E-state index contributed by atoms with van der Waals surface area (Å²) in [5, 5.41) is 3.26. The predicted octanol–water partition coefficient (Wildman–Crippen LogP) is 4.28. The van der Waals surface area contributed by atoms with Crippen molar-refractivity contribution in [3.63, 3.8) is 0 Å². The summed E-state index contributed by atoms with van der Waals surface area (Å²) >= 11 is 5.21. The van der Waals surface area contributed by atoms with Crippen LogP contribution in [0.2, 0.25) is 0 Å². The number of benzene rings is 1. The first-order valence-electron chi connectivity index (χ1n) is 5.83. The molecule has 102 valence electrons. The van der Waals surface area contributed by atoms with Crippen molar-refractivity contribution in [2.24, 2.45) is 0 Å². The Labute approximate surface area is 124 Å². The van der Waals surface area contributed by atoms with E-state index in [1.54, 1.807) is 23.5 Å². The molecule has 1 aromatic carbocycles. The van der Waals surface area contributed by atoms with Crippen LogP contribution in [0.1, 0.15) is 22.0 Å². The van der Waals surface area contributed by atoms with Crippen LogP contribution in [0.15, 0.2) is 28.1 Å². The van der Waals surface area contributed by atoms with Crippen LogP contribution in [0.4, 0.5) is 4.39 Å². The summed E-state index contributed by atoms with van der Waals surface area (Å²) in [6.07, 6.45) is 0. The Bertz CT molecular complexity index is 565. The van der Waals surface area contributed by atoms with Crippen LogP contribution in [-0.4, -0.2) is 14.2 Å². The lowest BCUT2D eigenvalue weighted by molar-refractivity contribution is 0.385. The Morgan fingerprint density at radius 2 is 2.11 bits per heavy atom. The first kappa shape index (κ1) is 14.5. The van der Waals surface area contributed by atoms with Gasteiger partial charge in [-0.2, -0.15) is 0 Å². The largest absolute Gasteiger partial charge is 0.494 e. The normalized spacial score (nSPS) is 12.5. The van der Waals surface area contributed by atoms with E-state index in [1.165, 1.54) is 23.6 Å². The highest BCUT2D eigenvalue weighted by molar-refractivity contribution is 9.11. The molecule has 0 aliphatic rings. The second-order valence-electron chi connectivity index (χ2n) is 4.22. The minimum Gasteiger partial charge on any atom is -0.494 e. The summed E-state index contributed by atoms with van der Waals surface area (Å²) in [6.45, 7) is 2.06. The smallest absolute Gasteiger partial charge is 0.165 e. The summed E-state index contributed by atoms with van der Waals surface area (Å²) in [5.74, 6) is -0.0743. The maximum atomic E-state index is 13.5. The molecule has 5 heteroatoms. The van der Waals surface area contributed by atoms with Crippen LogP contribution >= 0.6 is 27.3 Å². The fourth-order valence-electron chi connectivity index (χ4n) is 1.95. The maximum absolute atomic E-state index is 13.5. The molecule has 0 amide bonds. The summed E-state index contributed by atoms with van der Waals surface area (Å²) in [7, 11) is 3.37. The lowest BCUT2D eigenvalue weighted by Crippen LogP contribution is -2.16. The van der Waals surface area contributed by atoms with Gasteiger partial charge < -0.3 is 10.1 Å². The molecule has 1 N–H and O–H groups in total. The fraction of sp³-hybridized carbons (Fsp3) is 0.286. The van der Waals surface area contributed by atoms with Gasteiger partial charge in [-0.25, -0.2) is 4.39 Å². The van der Waals surface area contributed by atoms with Gasteiger partial charge in [0, 0.05) is 4.88 Å². The number of nitrogens with one attached hydrogen (secondary N) is 1. The quantitative estimate of drug-likeness (QED) is 0.894. The SMILES string of the molecule is CNC(c1ccc(F)c(OC)c1)c1cc(C)c(Br)s1. The van der Waals surface area contributed by atoms with Crippen molar-refractivity contribution >= 4 is 27.3 Å². The van der Waals surface area contributed by atoms with Crippen molar-refractivity contribution in [1.29, 1.82) is 0 Å². The zero-order chi connectivity index (χ0) is 14.0. The highest BCUT2D eigenvalue weighted by atomic mass is 79.9. The zero-order valence-corrected chi connectivity index (χ0v) is 13.4. The van der Waals surface area contributed by atoms with E-state index in [9.17, 15) is 4.39 Å². The third-order valence-electron chi connectivity index (χ3n) is 2.96. The molecule has 1 atom stereocenters. The Morgan fingerprint density at radius 1 is 1.37 bits per heavy atom. The number of ether oxygens (including phenoxy) is 1. The van der Waals surface area contributed by atoms with E-state index in [1.807, 2.05) is 7.05 Å². The standard InChI is InChI=1S/C14H15BrFNOS/c1-8-6-12(19-14(8)15)13(17-2)9-4-5-10(16)11(7-9)18-3/h4-7,13,17H,1-3H3. The summed E-state index contributed by atoms with van der Waals surface area (Å²) in [6, 6.07) is 7.12. The summed E-state index contributed by atoms with van der Waals surface area (Å²) < 4.78 is 19.6. The van der Waals surface area contributed by atoms with Gasteiger partial charge in [0.25, 0.3) is 0 Å². The van der Waals surface area contributed by atoms with Crippen LogP contribution < -0.4 is 10.1 Å². The number of hydrogen-bond donors (Lipinski definition) is 1. The Kier molecular flexibility index (Phi) is 4.60. The third-order valence-corrected chi connectivity index (χ3v) is 5.16. The zero-order valence-electron chi connectivity index (χ0n) is 11.0. The molecular weight excluding hydrogens is 329 g/mol. The van der Waals surface area contributed by atoms with Gasteiger partial charge in [0.1, 0.15) is 0 Å². The number of hydrogen-bond acceptors (Lipinski definition) is 3. The van der Waals surface area contributed by atoms with Crippen molar-refractivity contribution in [2.75, 3.05) is 14.2 Å². The monoisotopic (exact) mass is 343 g/mol. The highest BCUT2D eigenvalue weighted by Gasteiger charge is 2.17. The van der Waals surface area contributed by atoms with Gasteiger partial charge in [0.2, 0.25) is 0 Å². The molecule has 0 aliphatic carbocycles. The minimum absolute atomic E-state index is 0.0319. The van der Waals surface area contributed by atoms with Gasteiger partial charge in [0.05, 0.1) is 16.9 Å². The molecule has 0 saturated carbocycles. The van der Waals surface area contributed by atoms with Crippen molar-refractivity contribution in [3.05, 3.63) is 49.9 Å². The Balaban J connectivity index is 2.41. The molecule has 2 aromatic rings. The average Bonchev–Trinajstić information content (AvgIpc) is 2.72. The maximum Gasteiger partial charge on any atom is 0.165 e. The van der Waals surface area contributed by atoms with Crippen LogP contribution in [0, 0.1) is 12.7 Å². The summed E-state index contributed by atoms with van der Waals surface area (Å²) in [5.41, 5.74) is 2.18. The number of aryl methyl sites for hydroxylation is 1. The van der Waals surface area contributed by atoms with E-state index in [0.717, 1.165) is 9.35 Å². The van der Waals surface area contributed by atoms with Crippen molar-refractivity contribution in [2.45, 2.75) is 13.0 Å². The lowest BCUT2D eigenvalue weighted by atomic mass is 10.0. The number of halogens is 2. The number of methoxy groups -OCH3 is 1. The topological polar surface area (TPSA) is 21.3 Å². The van der Waals surface area contributed by atoms with Gasteiger partial charge in [0.15, 0.2) is 11.6 Å².